The molecule has 0 aliphatic heterocycles. The summed E-state index contributed by atoms with van der Waals surface area (Å²) in [5, 5.41) is 11.5. The SMILES string of the molecule is CC(C)(C)[Si](OCCCCCCCCC=CCO)(c1ccccc1)c1ccccc1. The molecule has 2 nitrogen and oxygen atoms in total. The normalized spacial score (nSPS) is 12.5. The van der Waals surface area contributed by atoms with Crippen LogP contribution in [-0.2, 0) is 4.43 Å². The van der Waals surface area contributed by atoms with Crippen molar-refractivity contribution in [3.8, 4) is 0 Å². The highest BCUT2D eigenvalue weighted by Crippen LogP contribution is 2.36. The molecule has 0 saturated heterocycles. The van der Waals surface area contributed by atoms with E-state index < -0.39 is 8.32 Å². The molecule has 0 aliphatic rings. The van der Waals surface area contributed by atoms with E-state index in [2.05, 4.69) is 87.5 Å². The topological polar surface area (TPSA) is 29.5 Å². The van der Waals surface area contributed by atoms with Gasteiger partial charge in [-0.05, 0) is 34.7 Å². The summed E-state index contributed by atoms with van der Waals surface area (Å²) < 4.78 is 6.94. The second-order valence-electron chi connectivity index (χ2n) is 9.08. The standard InChI is InChI=1S/C27H40O2Si/c1-27(2,3)30(25-19-13-11-14-20-25,26-21-15-12-16-22-26)29-24-18-10-8-6-4-5-7-9-17-23-28/h9,11-17,19-22,28H,4-8,10,18,23-24H2,1-3H3. The number of unbranched alkanes of at least 4 members (excludes halogenated alkanes) is 6. The van der Waals surface area contributed by atoms with Gasteiger partial charge in [-0.25, -0.2) is 0 Å². The predicted molar refractivity (Wildman–Crippen MR) is 132 cm³/mol. The van der Waals surface area contributed by atoms with Crippen LogP contribution < -0.4 is 10.4 Å². The van der Waals surface area contributed by atoms with E-state index in [1.807, 2.05) is 6.08 Å². The van der Waals surface area contributed by atoms with Gasteiger partial charge in [-0.2, -0.15) is 0 Å². The van der Waals surface area contributed by atoms with Gasteiger partial charge in [0, 0.05) is 6.61 Å². The van der Waals surface area contributed by atoms with E-state index in [0.29, 0.717) is 0 Å². The van der Waals surface area contributed by atoms with Crippen LogP contribution in [0.15, 0.2) is 72.8 Å². The summed E-state index contributed by atoms with van der Waals surface area (Å²) in [4.78, 5) is 0. The van der Waals surface area contributed by atoms with Crippen molar-refractivity contribution < 1.29 is 9.53 Å². The average Bonchev–Trinajstić information content (AvgIpc) is 2.75. The number of rotatable bonds is 13. The summed E-state index contributed by atoms with van der Waals surface area (Å²) in [5.41, 5.74) is 0. The minimum absolute atomic E-state index is 0.0534. The van der Waals surface area contributed by atoms with E-state index in [-0.39, 0.29) is 11.6 Å². The van der Waals surface area contributed by atoms with Gasteiger partial charge < -0.3 is 9.53 Å². The molecule has 2 aromatic rings. The molecule has 0 radical (unpaired) electrons. The van der Waals surface area contributed by atoms with Crippen molar-refractivity contribution in [2.24, 2.45) is 0 Å². The first kappa shape index (κ1) is 24.6. The Morgan fingerprint density at radius 3 is 1.73 bits per heavy atom. The first-order valence-electron chi connectivity index (χ1n) is 11.5. The van der Waals surface area contributed by atoms with Crippen molar-refractivity contribution in [1.82, 2.24) is 0 Å². The smallest absolute Gasteiger partial charge is 0.261 e. The van der Waals surface area contributed by atoms with Crippen LogP contribution >= 0.6 is 0 Å². The molecule has 0 saturated carbocycles. The Bertz CT molecular complexity index is 680. The Morgan fingerprint density at radius 2 is 1.23 bits per heavy atom. The number of hydrogen-bond donors (Lipinski definition) is 1. The number of benzene rings is 2. The van der Waals surface area contributed by atoms with Gasteiger partial charge in [0.25, 0.3) is 8.32 Å². The molecule has 2 aromatic carbocycles. The van der Waals surface area contributed by atoms with Crippen molar-refractivity contribution in [1.29, 1.82) is 0 Å². The van der Waals surface area contributed by atoms with Crippen LogP contribution in [0.1, 0.15) is 65.7 Å². The van der Waals surface area contributed by atoms with Gasteiger partial charge in [-0.1, -0.05) is 119 Å². The quantitative estimate of drug-likeness (QED) is 0.248. The highest BCUT2D eigenvalue weighted by Gasteiger charge is 2.49. The number of allylic oxidation sites excluding steroid dienone is 1. The van der Waals surface area contributed by atoms with Crippen LogP contribution in [0.25, 0.3) is 0 Å². The molecule has 0 amide bonds. The fraction of sp³-hybridized carbons (Fsp3) is 0.481. The first-order valence-corrected chi connectivity index (χ1v) is 13.4. The van der Waals surface area contributed by atoms with E-state index in [9.17, 15) is 0 Å². The minimum Gasteiger partial charge on any atom is -0.407 e. The number of aliphatic hydroxyl groups is 1. The molecular formula is C27H40O2Si. The van der Waals surface area contributed by atoms with Crippen molar-refractivity contribution >= 4 is 18.7 Å². The summed E-state index contributed by atoms with van der Waals surface area (Å²) in [5.74, 6) is 0. The zero-order valence-electron chi connectivity index (χ0n) is 19.1. The Balaban J connectivity index is 1.96. The predicted octanol–water partition coefficient (Wildman–Crippen LogP) is 5.84. The Hall–Kier alpha value is -1.68. The first-order chi connectivity index (χ1) is 14.5. The van der Waals surface area contributed by atoms with Crippen LogP contribution in [0.3, 0.4) is 0 Å². The molecular weight excluding hydrogens is 384 g/mol. The molecule has 0 aliphatic carbocycles. The van der Waals surface area contributed by atoms with Crippen LogP contribution in [0, 0.1) is 0 Å². The maximum Gasteiger partial charge on any atom is 0.261 e. The molecule has 30 heavy (non-hydrogen) atoms. The number of hydrogen-bond acceptors (Lipinski definition) is 2. The molecule has 2 rings (SSSR count). The summed E-state index contributed by atoms with van der Waals surface area (Å²) in [6.45, 7) is 8.00. The lowest BCUT2D eigenvalue weighted by Gasteiger charge is -2.43. The van der Waals surface area contributed by atoms with Crippen molar-refractivity contribution in [3.63, 3.8) is 0 Å². The minimum atomic E-state index is -2.37. The van der Waals surface area contributed by atoms with Gasteiger partial charge in [-0.15, -0.1) is 0 Å². The molecule has 0 spiro atoms. The molecule has 1 N–H and O–H groups in total. The van der Waals surface area contributed by atoms with E-state index in [1.54, 1.807) is 0 Å². The van der Waals surface area contributed by atoms with E-state index >= 15 is 0 Å². The Kier molecular flexibility index (Phi) is 10.6. The monoisotopic (exact) mass is 424 g/mol. The van der Waals surface area contributed by atoms with E-state index in [0.717, 1.165) is 19.4 Å². The summed E-state index contributed by atoms with van der Waals surface area (Å²) >= 11 is 0. The van der Waals surface area contributed by atoms with Crippen LogP contribution in [-0.4, -0.2) is 26.6 Å². The molecule has 0 aromatic heterocycles. The lowest BCUT2D eigenvalue weighted by atomic mass is 10.1. The van der Waals surface area contributed by atoms with Gasteiger partial charge in [0.05, 0.1) is 6.61 Å². The molecule has 0 fully saturated rings. The molecule has 164 valence electrons. The fourth-order valence-corrected chi connectivity index (χ4v) is 8.86. The molecule has 3 heteroatoms. The van der Waals surface area contributed by atoms with Gasteiger partial charge >= 0.3 is 0 Å². The largest absolute Gasteiger partial charge is 0.407 e. The maximum atomic E-state index is 8.75. The fourth-order valence-electron chi connectivity index (χ4n) is 4.25. The summed E-state index contributed by atoms with van der Waals surface area (Å²) in [6.07, 6.45) is 12.4. The maximum absolute atomic E-state index is 8.75. The van der Waals surface area contributed by atoms with Gasteiger partial charge in [0.1, 0.15) is 0 Å². The second kappa shape index (κ2) is 12.9. The Labute approximate surface area is 185 Å². The molecule has 0 heterocycles. The zero-order chi connectivity index (χ0) is 21.7. The van der Waals surface area contributed by atoms with Crippen molar-refractivity contribution in [2.45, 2.75) is 70.8 Å². The third-order valence-corrected chi connectivity index (χ3v) is 10.8. The zero-order valence-corrected chi connectivity index (χ0v) is 20.1. The van der Waals surface area contributed by atoms with E-state index in [1.165, 1.54) is 42.5 Å². The molecule has 0 unspecified atom stereocenters. The molecule has 0 bridgehead atoms. The van der Waals surface area contributed by atoms with Crippen LogP contribution in [0.4, 0.5) is 0 Å². The van der Waals surface area contributed by atoms with Gasteiger partial charge in [-0.3, -0.25) is 0 Å². The Morgan fingerprint density at radius 1 is 0.733 bits per heavy atom. The molecule has 0 atom stereocenters. The third-order valence-electron chi connectivity index (χ3n) is 5.77. The lowest BCUT2D eigenvalue weighted by molar-refractivity contribution is 0.286. The second-order valence-corrected chi connectivity index (χ2v) is 13.4. The van der Waals surface area contributed by atoms with E-state index in [4.69, 9.17) is 9.53 Å². The third kappa shape index (κ3) is 6.94. The average molecular weight is 425 g/mol. The van der Waals surface area contributed by atoms with Gasteiger partial charge in [0.2, 0.25) is 0 Å². The van der Waals surface area contributed by atoms with Crippen molar-refractivity contribution in [2.75, 3.05) is 13.2 Å². The van der Waals surface area contributed by atoms with Crippen LogP contribution in [0.2, 0.25) is 5.04 Å². The van der Waals surface area contributed by atoms with Gasteiger partial charge in [0.15, 0.2) is 0 Å². The highest BCUT2D eigenvalue weighted by atomic mass is 28.4. The summed E-state index contributed by atoms with van der Waals surface area (Å²) in [6, 6.07) is 21.8. The number of aliphatic hydroxyl groups excluding tert-OH is 1. The highest BCUT2D eigenvalue weighted by molar-refractivity contribution is 6.99. The summed E-state index contributed by atoms with van der Waals surface area (Å²) in [7, 11) is -2.37. The van der Waals surface area contributed by atoms with Crippen molar-refractivity contribution in [3.05, 3.63) is 72.8 Å². The van der Waals surface area contributed by atoms with Crippen LogP contribution in [0.5, 0.6) is 0 Å². The lowest BCUT2D eigenvalue weighted by Crippen LogP contribution is -2.66.